The average Bonchev–Trinajstić information content (AvgIpc) is 3.32. The maximum Gasteiger partial charge on any atom is 0.251 e. The number of hydrogen-bond acceptors (Lipinski definition) is 5. The van der Waals surface area contributed by atoms with Crippen LogP contribution in [0, 0.1) is 0 Å². The summed E-state index contributed by atoms with van der Waals surface area (Å²) in [6.45, 7) is 0. The smallest absolute Gasteiger partial charge is 0.251 e. The van der Waals surface area contributed by atoms with Crippen molar-refractivity contribution in [3.8, 4) is 11.5 Å². The highest BCUT2D eigenvalue weighted by atomic mass is 16.5. The number of fused-ring (bicyclic) bond motifs is 1. The van der Waals surface area contributed by atoms with E-state index in [9.17, 15) is 9.59 Å². The summed E-state index contributed by atoms with van der Waals surface area (Å²) in [4.78, 5) is 25.6. The lowest BCUT2D eigenvalue weighted by molar-refractivity contribution is -0.115. The van der Waals surface area contributed by atoms with Gasteiger partial charge in [0.15, 0.2) is 0 Å². The molecule has 1 aliphatic rings. The normalized spacial score (nSPS) is 16.7. The van der Waals surface area contributed by atoms with Gasteiger partial charge in [-0.3, -0.25) is 14.7 Å². The number of nitrogens with one attached hydrogen (secondary N) is 3. The maximum atomic E-state index is 12.8. The fraction of sp³-hybridized carbons (Fsp3) is 0.250. The molecule has 0 spiro atoms. The van der Waals surface area contributed by atoms with E-state index in [1.165, 1.54) is 0 Å². The van der Waals surface area contributed by atoms with Gasteiger partial charge in [0, 0.05) is 23.6 Å². The molecule has 0 unspecified atom stereocenters. The summed E-state index contributed by atoms with van der Waals surface area (Å²) in [7, 11) is 3.10. The molecule has 8 heteroatoms. The predicted molar refractivity (Wildman–Crippen MR) is 138 cm³/mol. The first kappa shape index (κ1) is 23.4. The molecular formula is C28H28N4O4. The number of amides is 2. The SMILES string of the molecule is COc1cc(OC)cc(C(=O)NC2CC(c3[nH]ncc3NC(=O)Cc3cccc4ccccc34)C2)c1. The number of carbonyl (C=O) groups is 2. The van der Waals surface area contributed by atoms with Gasteiger partial charge in [-0.05, 0) is 41.3 Å². The van der Waals surface area contributed by atoms with Crippen LogP contribution < -0.4 is 20.1 Å². The van der Waals surface area contributed by atoms with E-state index in [2.05, 4.69) is 20.8 Å². The molecule has 8 nitrogen and oxygen atoms in total. The summed E-state index contributed by atoms with van der Waals surface area (Å²) < 4.78 is 10.5. The zero-order chi connectivity index (χ0) is 25.1. The zero-order valence-electron chi connectivity index (χ0n) is 20.2. The highest BCUT2D eigenvalue weighted by Crippen LogP contribution is 2.39. The number of rotatable bonds is 8. The Morgan fingerprint density at radius 3 is 2.47 bits per heavy atom. The van der Waals surface area contributed by atoms with Crippen LogP contribution in [0.1, 0.15) is 40.4 Å². The van der Waals surface area contributed by atoms with E-state index in [0.29, 0.717) is 22.7 Å². The van der Waals surface area contributed by atoms with Crippen molar-refractivity contribution in [3.63, 3.8) is 0 Å². The minimum atomic E-state index is -0.177. The standard InChI is InChI=1S/C28H28N4O4/c1-35-22-12-20(13-23(15-22)36-2)28(34)30-21-10-19(11-21)27-25(16-29-32-27)31-26(33)14-18-8-5-7-17-6-3-4-9-24(17)18/h3-9,12-13,15-16,19,21H,10-11,14H2,1-2H3,(H,29,32)(H,30,34)(H,31,33). The lowest BCUT2D eigenvalue weighted by Crippen LogP contribution is -2.43. The highest BCUT2D eigenvalue weighted by Gasteiger charge is 2.34. The van der Waals surface area contributed by atoms with E-state index in [0.717, 1.165) is 34.9 Å². The van der Waals surface area contributed by atoms with Crippen LogP contribution in [0.4, 0.5) is 5.69 Å². The number of anilines is 1. The molecule has 5 rings (SSSR count). The molecule has 2 amide bonds. The van der Waals surface area contributed by atoms with Crippen molar-refractivity contribution in [2.24, 2.45) is 0 Å². The number of methoxy groups -OCH3 is 2. The second-order valence-corrected chi connectivity index (χ2v) is 9.00. The van der Waals surface area contributed by atoms with Gasteiger partial charge in [0.2, 0.25) is 5.91 Å². The van der Waals surface area contributed by atoms with Crippen LogP contribution in [0.25, 0.3) is 10.8 Å². The predicted octanol–water partition coefficient (Wildman–Crippen LogP) is 4.44. The van der Waals surface area contributed by atoms with Crippen molar-refractivity contribution in [2.75, 3.05) is 19.5 Å². The van der Waals surface area contributed by atoms with E-state index < -0.39 is 0 Å². The minimum absolute atomic E-state index is 0.0298. The Bertz CT molecular complexity index is 1380. The van der Waals surface area contributed by atoms with Crippen molar-refractivity contribution in [1.29, 1.82) is 0 Å². The number of H-pyrrole nitrogens is 1. The maximum absolute atomic E-state index is 12.8. The van der Waals surface area contributed by atoms with Crippen molar-refractivity contribution in [1.82, 2.24) is 15.5 Å². The summed E-state index contributed by atoms with van der Waals surface area (Å²) in [5.41, 5.74) is 3.04. The number of aromatic nitrogens is 2. The van der Waals surface area contributed by atoms with Gasteiger partial charge in [0.05, 0.1) is 38.2 Å². The van der Waals surface area contributed by atoms with E-state index in [1.54, 1.807) is 38.6 Å². The Balaban J connectivity index is 1.19. The Labute approximate surface area is 209 Å². The number of ether oxygens (including phenoxy) is 2. The Hall–Kier alpha value is -4.33. The van der Waals surface area contributed by atoms with E-state index in [4.69, 9.17) is 9.47 Å². The third kappa shape index (κ3) is 4.88. The molecule has 0 bridgehead atoms. The highest BCUT2D eigenvalue weighted by molar-refractivity contribution is 5.97. The zero-order valence-corrected chi connectivity index (χ0v) is 20.2. The van der Waals surface area contributed by atoms with E-state index in [-0.39, 0.29) is 30.2 Å². The van der Waals surface area contributed by atoms with Crippen LogP contribution in [-0.2, 0) is 11.2 Å². The van der Waals surface area contributed by atoms with Gasteiger partial charge >= 0.3 is 0 Å². The third-order valence-corrected chi connectivity index (χ3v) is 6.67. The molecule has 1 aliphatic carbocycles. The van der Waals surface area contributed by atoms with Gasteiger partial charge in [-0.2, -0.15) is 5.10 Å². The number of aromatic amines is 1. The van der Waals surface area contributed by atoms with Crippen LogP contribution in [0.3, 0.4) is 0 Å². The van der Waals surface area contributed by atoms with Crippen LogP contribution >= 0.6 is 0 Å². The van der Waals surface area contributed by atoms with Gasteiger partial charge in [-0.15, -0.1) is 0 Å². The van der Waals surface area contributed by atoms with Gasteiger partial charge in [-0.25, -0.2) is 0 Å². The number of hydrogen-bond donors (Lipinski definition) is 3. The Morgan fingerprint density at radius 2 is 1.72 bits per heavy atom. The molecule has 1 fully saturated rings. The molecule has 184 valence electrons. The average molecular weight is 485 g/mol. The number of benzene rings is 3. The topological polar surface area (TPSA) is 105 Å². The summed E-state index contributed by atoms with van der Waals surface area (Å²) in [5, 5.41) is 15.5. The molecule has 3 N–H and O–H groups in total. The van der Waals surface area contributed by atoms with Crippen LogP contribution in [0.2, 0.25) is 0 Å². The minimum Gasteiger partial charge on any atom is -0.497 e. The molecule has 3 aromatic carbocycles. The molecule has 1 saturated carbocycles. The lowest BCUT2D eigenvalue weighted by atomic mass is 9.77. The quantitative estimate of drug-likeness (QED) is 0.343. The fourth-order valence-corrected chi connectivity index (χ4v) is 4.70. The van der Waals surface area contributed by atoms with Crippen molar-refractivity contribution < 1.29 is 19.1 Å². The van der Waals surface area contributed by atoms with Gasteiger partial charge < -0.3 is 20.1 Å². The summed E-state index contributed by atoms with van der Waals surface area (Å²) in [6.07, 6.45) is 3.42. The van der Waals surface area contributed by atoms with Crippen LogP contribution in [0.5, 0.6) is 11.5 Å². The first-order valence-electron chi connectivity index (χ1n) is 11.9. The van der Waals surface area contributed by atoms with E-state index in [1.807, 2.05) is 42.5 Å². The number of carbonyl (C=O) groups excluding carboxylic acids is 2. The Morgan fingerprint density at radius 1 is 1.00 bits per heavy atom. The van der Waals surface area contributed by atoms with Crippen LogP contribution in [-0.4, -0.2) is 42.3 Å². The molecule has 36 heavy (non-hydrogen) atoms. The molecule has 4 aromatic rings. The van der Waals surface area contributed by atoms with Crippen molar-refractivity contribution >= 4 is 28.3 Å². The molecule has 1 aromatic heterocycles. The molecule has 0 saturated heterocycles. The van der Waals surface area contributed by atoms with Crippen molar-refractivity contribution in [2.45, 2.75) is 31.2 Å². The molecule has 1 heterocycles. The first-order valence-corrected chi connectivity index (χ1v) is 11.9. The number of nitrogens with zero attached hydrogens (tertiary/aromatic N) is 1. The molecule has 0 aliphatic heterocycles. The Kier molecular flexibility index (Phi) is 6.58. The first-order chi connectivity index (χ1) is 17.5. The third-order valence-electron chi connectivity index (χ3n) is 6.67. The summed E-state index contributed by atoms with van der Waals surface area (Å²) >= 11 is 0. The van der Waals surface area contributed by atoms with E-state index >= 15 is 0 Å². The second-order valence-electron chi connectivity index (χ2n) is 9.00. The fourth-order valence-electron chi connectivity index (χ4n) is 4.70. The summed E-state index contributed by atoms with van der Waals surface area (Å²) in [6, 6.07) is 19.2. The van der Waals surface area contributed by atoms with Gasteiger partial charge in [0.1, 0.15) is 11.5 Å². The second kappa shape index (κ2) is 10.1. The molecule has 0 radical (unpaired) electrons. The van der Waals surface area contributed by atoms with Crippen LogP contribution in [0.15, 0.2) is 66.9 Å². The molecular weight excluding hydrogens is 456 g/mol. The molecule has 0 atom stereocenters. The van der Waals surface area contributed by atoms with Crippen molar-refractivity contribution in [3.05, 3.63) is 83.7 Å². The largest absolute Gasteiger partial charge is 0.497 e. The lowest BCUT2D eigenvalue weighted by Gasteiger charge is -2.35. The monoisotopic (exact) mass is 484 g/mol. The summed E-state index contributed by atoms with van der Waals surface area (Å²) in [5.74, 6) is 1.03. The van der Waals surface area contributed by atoms with Gasteiger partial charge in [0.25, 0.3) is 5.91 Å². The van der Waals surface area contributed by atoms with Gasteiger partial charge in [-0.1, -0.05) is 42.5 Å².